The van der Waals surface area contributed by atoms with Gasteiger partial charge in [-0.25, -0.2) is 0 Å². The second-order valence-corrected chi connectivity index (χ2v) is 19.7. The number of aliphatic hydroxyl groups is 7. The maximum atomic E-state index is 13.0. The van der Waals surface area contributed by atoms with E-state index in [0.29, 0.717) is 13.0 Å². The predicted molar refractivity (Wildman–Crippen MR) is 289 cm³/mol. The van der Waals surface area contributed by atoms with Gasteiger partial charge in [0.05, 0.1) is 26.4 Å². The molecule has 0 aliphatic carbocycles. The van der Waals surface area contributed by atoms with Crippen LogP contribution in [-0.4, -0.2) is 142 Å². The maximum absolute atomic E-state index is 13.0. The van der Waals surface area contributed by atoms with Crippen LogP contribution >= 0.6 is 0 Å². The van der Waals surface area contributed by atoms with Crippen molar-refractivity contribution in [2.24, 2.45) is 0 Å². The van der Waals surface area contributed by atoms with Crippen molar-refractivity contribution in [1.29, 1.82) is 0 Å². The van der Waals surface area contributed by atoms with Crippen molar-refractivity contribution in [3.63, 3.8) is 0 Å². The number of carbonyl (C=O) groups is 1. The molecule has 2 saturated heterocycles. The average molecular weight is 1040 g/mol. The minimum absolute atomic E-state index is 0.0299. The van der Waals surface area contributed by atoms with Gasteiger partial charge in [0.25, 0.3) is 0 Å². The van der Waals surface area contributed by atoms with Gasteiger partial charge in [0.2, 0.25) is 0 Å². The zero-order valence-corrected chi connectivity index (χ0v) is 45.1. The molecule has 2 aliphatic rings. The topological polar surface area (TPSA) is 214 Å². The molecule has 14 nitrogen and oxygen atoms in total. The molecule has 0 bridgehead atoms. The Bertz CT molecular complexity index is 1480. The minimum Gasteiger partial charge on any atom is -0.457 e. The highest BCUT2D eigenvalue weighted by Crippen LogP contribution is 2.26. The second kappa shape index (κ2) is 45.6. The van der Waals surface area contributed by atoms with E-state index in [1.807, 2.05) is 12.2 Å². The lowest BCUT2D eigenvalue weighted by molar-refractivity contribution is -0.332. The Kier molecular flexibility index (Phi) is 41.6. The predicted octanol–water partition coefficient (Wildman–Crippen LogP) is 9.86. The van der Waals surface area contributed by atoms with Crippen LogP contribution in [0.5, 0.6) is 0 Å². The fourth-order valence-electron chi connectivity index (χ4n) is 8.62. The van der Waals surface area contributed by atoms with Crippen molar-refractivity contribution in [2.75, 3.05) is 33.0 Å². The fraction of sp³-hybridized carbons (Fsp3) is 0.780. The molecule has 0 aromatic heterocycles. The van der Waals surface area contributed by atoms with Crippen LogP contribution in [0.3, 0.4) is 0 Å². The molecule has 7 N–H and O–H groups in total. The molecule has 0 saturated carbocycles. The maximum Gasteiger partial charge on any atom is 0.306 e. The fourth-order valence-corrected chi connectivity index (χ4v) is 8.62. The third-order valence-corrected chi connectivity index (χ3v) is 13.2. The van der Waals surface area contributed by atoms with E-state index in [2.05, 4.69) is 74.6 Å². The first-order valence-corrected chi connectivity index (χ1v) is 28.5. The molecule has 0 radical (unpaired) electrons. The summed E-state index contributed by atoms with van der Waals surface area (Å²) in [6.45, 7) is 3.46. The highest BCUT2D eigenvalue weighted by atomic mass is 16.7. The summed E-state index contributed by atoms with van der Waals surface area (Å²) < 4.78 is 34.2. The van der Waals surface area contributed by atoms with Gasteiger partial charge in [-0.05, 0) is 70.6 Å². The minimum atomic E-state index is -1.72. The quantitative estimate of drug-likeness (QED) is 0.0172. The van der Waals surface area contributed by atoms with Gasteiger partial charge in [-0.1, -0.05) is 189 Å². The monoisotopic (exact) mass is 1030 g/mol. The summed E-state index contributed by atoms with van der Waals surface area (Å²) in [5.41, 5.74) is 0. The number of hydrogen-bond donors (Lipinski definition) is 7. The van der Waals surface area contributed by atoms with E-state index in [4.69, 9.17) is 28.4 Å². The Morgan fingerprint density at radius 2 is 0.890 bits per heavy atom. The Morgan fingerprint density at radius 3 is 1.40 bits per heavy atom. The zero-order valence-electron chi connectivity index (χ0n) is 45.1. The van der Waals surface area contributed by atoms with Crippen molar-refractivity contribution >= 4 is 5.97 Å². The Hall–Kier alpha value is -2.57. The first-order valence-electron chi connectivity index (χ1n) is 28.5. The molecule has 0 spiro atoms. The lowest BCUT2D eigenvalue weighted by Crippen LogP contribution is -2.61. The van der Waals surface area contributed by atoms with E-state index in [0.717, 1.165) is 51.4 Å². The van der Waals surface area contributed by atoms with Crippen molar-refractivity contribution in [2.45, 2.75) is 261 Å². The number of carbonyl (C=O) groups excluding carboxylic acids is 1. The van der Waals surface area contributed by atoms with Gasteiger partial charge in [0.1, 0.15) is 54.9 Å². The zero-order chi connectivity index (χ0) is 53.0. The van der Waals surface area contributed by atoms with Crippen LogP contribution in [0.25, 0.3) is 0 Å². The summed E-state index contributed by atoms with van der Waals surface area (Å²) in [7, 11) is 0. The molecule has 2 aliphatic heterocycles. The third kappa shape index (κ3) is 32.6. The van der Waals surface area contributed by atoms with Crippen molar-refractivity contribution in [1.82, 2.24) is 0 Å². The molecule has 422 valence electrons. The molecule has 0 aromatic rings. The van der Waals surface area contributed by atoms with Gasteiger partial charge in [0, 0.05) is 13.0 Å². The van der Waals surface area contributed by atoms with Gasteiger partial charge in [-0.15, -0.1) is 0 Å². The SMILES string of the molecule is CC/C=C\C/C=C\C/C=C\C/C=C\CCC(=O)OC(COCCCCCCCCCCCCCCCC/C=C\C/C=C\CCCCCCC)COC1OC(COC2OC(CO)C(O)C(O)C2O)C(O)C(O)C1O. The van der Waals surface area contributed by atoms with E-state index in [9.17, 15) is 40.5 Å². The van der Waals surface area contributed by atoms with Gasteiger partial charge >= 0.3 is 5.97 Å². The summed E-state index contributed by atoms with van der Waals surface area (Å²) in [5, 5.41) is 72.2. The standard InChI is InChI=1S/C59H102O14/c1-3-5-7-9-11-13-15-17-18-19-20-21-22-23-24-25-26-27-28-29-31-33-35-37-39-41-43-68-45-48(71-51(61)42-40-38-36-34-32-30-16-14-12-10-8-6-4-2)46-69-58-57(67)55(65)53(63)50(73-58)47-70-59-56(66)54(64)52(62)49(44-60)72-59/h6,8,12,14-15,17,19-20,30,32,36,38,48-50,52-60,62-67H,3-5,7,9-11,13,16,18,21-29,31,33-35,37,39-47H2,1-2H3/b8-6-,14-12-,17-15-,20-19-,32-30-,38-36-. The van der Waals surface area contributed by atoms with Crippen molar-refractivity contribution in [3.8, 4) is 0 Å². The summed E-state index contributed by atoms with van der Waals surface area (Å²) in [6, 6.07) is 0. The smallest absolute Gasteiger partial charge is 0.306 e. The first-order chi connectivity index (χ1) is 35.6. The number of esters is 1. The van der Waals surface area contributed by atoms with Crippen LogP contribution in [0.2, 0.25) is 0 Å². The van der Waals surface area contributed by atoms with Gasteiger partial charge in [0.15, 0.2) is 12.6 Å². The van der Waals surface area contributed by atoms with Crippen LogP contribution in [0.15, 0.2) is 72.9 Å². The average Bonchev–Trinajstić information content (AvgIpc) is 3.39. The van der Waals surface area contributed by atoms with E-state index in [1.165, 1.54) is 116 Å². The number of hydrogen-bond acceptors (Lipinski definition) is 14. The summed E-state index contributed by atoms with van der Waals surface area (Å²) in [4.78, 5) is 13.0. The van der Waals surface area contributed by atoms with E-state index >= 15 is 0 Å². The number of unbranched alkanes of at least 4 members (excludes halogenated alkanes) is 19. The molecule has 73 heavy (non-hydrogen) atoms. The highest BCUT2D eigenvalue weighted by molar-refractivity contribution is 5.69. The van der Waals surface area contributed by atoms with Crippen LogP contribution in [0, 0.1) is 0 Å². The largest absolute Gasteiger partial charge is 0.457 e. The molecule has 0 amide bonds. The second-order valence-electron chi connectivity index (χ2n) is 19.7. The summed E-state index contributed by atoms with van der Waals surface area (Å²) in [6.07, 6.45) is 41.4. The molecular weight excluding hydrogens is 933 g/mol. The van der Waals surface area contributed by atoms with Gasteiger partial charge < -0.3 is 64.2 Å². The Labute approximate surface area is 440 Å². The summed E-state index contributed by atoms with van der Waals surface area (Å²) in [5.74, 6) is -0.456. The van der Waals surface area contributed by atoms with Crippen molar-refractivity contribution < 1.29 is 69.0 Å². The molecule has 2 heterocycles. The van der Waals surface area contributed by atoms with Crippen LogP contribution in [0.1, 0.15) is 194 Å². The Morgan fingerprint density at radius 1 is 0.466 bits per heavy atom. The van der Waals surface area contributed by atoms with Gasteiger partial charge in [-0.2, -0.15) is 0 Å². The van der Waals surface area contributed by atoms with Crippen molar-refractivity contribution in [3.05, 3.63) is 72.9 Å². The normalized spacial score (nSPS) is 25.5. The number of rotatable bonds is 45. The van der Waals surface area contributed by atoms with E-state index in [-0.39, 0.29) is 19.6 Å². The summed E-state index contributed by atoms with van der Waals surface area (Å²) >= 11 is 0. The number of allylic oxidation sites excluding steroid dienone is 12. The molecule has 11 unspecified atom stereocenters. The van der Waals surface area contributed by atoms with Crippen LogP contribution in [-0.2, 0) is 33.2 Å². The molecule has 14 heteroatoms. The van der Waals surface area contributed by atoms with Crippen LogP contribution < -0.4 is 0 Å². The van der Waals surface area contributed by atoms with E-state index < -0.39 is 86.7 Å². The number of ether oxygens (including phenoxy) is 6. The lowest BCUT2D eigenvalue weighted by atomic mass is 9.98. The number of aliphatic hydroxyl groups excluding tert-OH is 7. The Balaban J connectivity index is 1.69. The molecule has 0 aromatic carbocycles. The van der Waals surface area contributed by atoms with Crippen LogP contribution in [0.4, 0.5) is 0 Å². The molecular formula is C59H102O14. The van der Waals surface area contributed by atoms with Gasteiger partial charge in [-0.3, -0.25) is 4.79 Å². The third-order valence-electron chi connectivity index (χ3n) is 13.2. The first kappa shape index (κ1) is 66.5. The molecule has 11 atom stereocenters. The highest BCUT2D eigenvalue weighted by Gasteiger charge is 2.47. The van der Waals surface area contributed by atoms with E-state index in [1.54, 1.807) is 0 Å². The lowest BCUT2D eigenvalue weighted by Gasteiger charge is -2.42. The molecule has 2 fully saturated rings. The molecule has 2 rings (SSSR count).